The van der Waals surface area contributed by atoms with Crippen molar-refractivity contribution >= 4 is 23.6 Å². The van der Waals surface area contributed by atoms with Crippen LogP contribution in [0.25, 0.3) is 0 Å². The molecule has 1 N–H and O–H groups in total. The van der Waals surface area contributed by atoms with Crippen LogP contribution >= 0.6 is 11.8 Å². The maximum atomic E-state index is 13.7. The largest absolute Gasteiger partial charge is 0.452 e. The predicted octanol–water partition coefficient (Wildman–Crippen LogP) is 3.12. The van der Waals surface area contributed by atoms with Gasteiger partial charge < -0.3 is 10.1 Å². The van der Waals surface area contributed by atoms with Crippen molar-refractivity contribution < 1.29 is 23.1 Å². The maximum absolute atomic E-state index is 13.7. The van der Waals surface area contributed by atoms with Gasteiger partial charge in [0, 0.05) is 17.8 Å². The van der Waals surface area contributed by atoms with Crippen LogP contribution < -0.4 is 5.32 Å². The van der Waals surface area contributed by atoms with Gasteiger partial charge >= 0.3 is 5.97 Å². The second kappa shape index (κ2) is 8.57. The van der Waals surface area contributed by atoms with E-state index in [9.17, 15) is 18.4 Å². The molecule has 2 rings (SSSR count). The van der Waals surface area contributed by atoms with Crippen molar-refractivity contribution in [2.75, 3.05) is 12.9 Å². The maximum Gasteiger partial charge on any atom is 0.341 e. The van der Waals surface area contributed by atoms with Crippen LogP contribution in [-0.2, 0) is 9.53 Å². The zero-order valence-corrected chi connectivity index (χ0v) is 14.4. The molecule has 1 aromatic carbocycles. The first kappa shape index (κ1) is 18.9. The molecule has 25 heavy (non-hydrogen) atoms. The van der Waals surface area contributed by atoms with Crippen LogP contribution in [-0.4, -0.2) is 29.7 Å². The summed E-state index contributed by atoms with van der Waals surface area (Å²) in [6.07, 6.45) is 3.32. The van der Waals surface area contributed by atoms with Crippen molar-refractivity contribution in [3.63, 3.8) is 0 Å². The molecule has 0 saturated heterocycles. The molecule has 2 aromatic rings. The molecule has 0 aliphatic carbocycles. The van der Waals surface area contributed by atoms with Gasteiger partial charge in [0.2, 0.25) is 0 Å². The van der Waals surface area contributed by atoms with Gasteiger partial charge in [-0.1, -0.05) is 6.07 Å². The third-order valence-electron chi connectivity index (χ3n) is 3.33. The Morgan fingerprint density at radius 1 is 1.32 bits per heavy atom. The summed E-state index contributed by atoms with van der Waals surface area (Å²) in [5, 5.41) is 2.99. The van der Waals surface area contributed by atoms with Crippen LogP contribution in [0.2, 0.25) is 0 Å². The van der Waals surface area contributed by atoms with Crippen LogP contribution in [0.15, 0.2) is 41.6 Å². The highest BCUT2D eigenvalue weighted by atomic mass is 32.2. The summed E-state index contributed by atoms with van der Waals surface area (Å²) in [4.78, 5) is 27.9. The Balaban J connectivity index is 1.93. The number of benzene rings is 1. The van der Waals surface area contributed by atoms with Crippen molar-refractivity contribution in [2.24, 2.45) is 0 Å². The molecular formula is C17H16F2N2O3S. The molecule has 132 valence electrons. The number of thioether (sulfide) groups is 1. The van der Waals surface area contributed by atoms with Crippen LogP contribution in [0.3, 0.4) is 0 Å². The Kier molecular flexibility index (Phi) is 6.46. The number of nitrogens with zero attached hydrogens (tertiary/aromatic N) is 1. The van der Waals surface area contributed by atoms with E-state index in [1.165, 1.54) is 17.8 Å². The number of hydrogen-bond acceptors (Lipinski definition) is 5. The number of ether oxygens (including phenoxy) is 1. The fraction of sp³-hybridized carbons (Fsp3) is 0.235. The van der Waals surface area contributed by atoms with Crippen LogP contribution in [0.5, 0.6) is 0 Å². The van der Waals surface area contributed by atoms with E-state index in [1.54, 1.807) is 31.5 Å². The Bertz CT molecular complexity index is 786. The van der Waals surface area contributed by atoms with Crippen LogP contribution in [0.4, 0.5) is 8.78 Å². The van der Waals surface area contributed by atoms with Gasteiger partial charge in [-0.15, -0.1) is 11.8 Å². The molecule has 0 aliphatic rings. The molecule has 0 unspecified atom stereocenters. The highest BCUT2D eigenvalue weighted by molar-refractivity contribution is 7.98. The molecule has 0 saturated carbocycles. The predicted molar refractivity (Wildman–Crippen MR) is 89.2 cm³/mol. The number of carbonyl (C=O) groups is 2. The monoisotopic (exact) mass is 366 g/mol. The van der Waals surface area contributed by atoms with E-state index in [1.807, 2.05) is 0 Å². The summed E-state index contributed by atoms with van der Waals surface area (Å²) in [5.41, 5.74) is 0.401. The molecule has 0 aliphatic heterocycles. The molecule has 1 heterocycles. The van der Waals surface area contributed by atoms with Gasteiger partial charge in [-0.25, -0.2) is 18.6 Å². The van der Waals surface area contributed by atoms with Gasteiger partial charge in [-0.05, 0) is 31.4 Å². The Labute approximate surface area is 147 Å². The van der Waals surface area contributed by atoms with Crippen LogP contribution in [0, 0.1) is 11.6 Å². The standard InChI is InChI=1S/C17H16F2N2O3S/c1-10(12-6-5-11(18)8-14(12)19)21-15(22)9-24-17(23)13-4-3-7-20-16(13)25-2/h3-8,10H,9H2,1-2H3,(H,21,22)/t10-/m0/s1. The second-order valence-corrected chi connectivity index (χ2v) is 5.89. The van der Waals surface area contributed by atoms with E-state index >= 15 is 0 Å². The van der Waals surface area contributed by atoms with Crippen LogP contribution in [0.1, 0.15) is 28.9 Å². The minimum Gasteiger partial charge on any atom is -0.452 e. The van der Waals surface area contributed by atoms with Crippen molar-refractivity contribution in [1.29, 1.82) is 0 Å². The quantitative estimate of drug-likeness (QED) is 0.628. The summed E-state index contributed by atoms with van der Waals surface area (Å²) >= 11 is 1.28. The average Bonchev–Trinajstić information content (AvgIpc) is 2.59. The zero-order chi connectivity index (χ0) is 18.4. The lowest BCUT2D eigenvalue weighted by Gasteiger charge is -2.15. The van der Waals surface area contributed by atoms with Gasteiger partial charge in [0.05, 0.1) is 11.6 Å². The van der Waals surface area contributed by atoms with E-state index in [2.05, 4.69) is 10.3 Å². The number of amides is 1. The molecule has 0 bridgehead atoms. The van der Waals surface area contributed by atoms with Gasteiger partial charge in [0.1, 0.15) is 16.7 Å². The summed E-state index contributed by atoms with van der Waals surface area (Å²) in [6, 6.07) is 5.54. The third kappa shape index (κ3) is 4.99. The minimum absolute atomic E-state index is 0.137. The van der Waals surface area contributed by atoms with Crippen molar-refractivity contribution in [2.45, 2.75) is 18.0 Å². The molecule has 0 spiro atoms. The fourth-order valence-corrected chi connectivity index (χ4v) is 2.67. The lowest BCUT2D eigenvalue weighted by atomic mass is 10.1. The summed E-state index contributed by atoms with van der Waals surface area (Å²) < 4.78 is 31.6. The summed E-state index contributed by atoms with van der Waals surface area (Å²) in [5.74, 6) is -2.73. The van der Waals surface area contributed by atoms with Crippen molar-refractivity contribution in [3.8, 4) is 0 Å². The molecular weight excluding hydrogens is 350 g/mol. The smallest absolute Gasteiger partial charge is 0.341 e. The van der Waals surface area contributed by atoms with Gasteiger partial charge in [0.25, 0.3) is 5.91 Å². The van der Waals surface area contributed by atoms with E-state index in [-0.39, 0.29) is 11.1 Å². The highest BCUT2D eigenvalue weighted by Crippen LogP contribution is 2.19. The van der Waals surface area contributed by atoms with Crippen molar-refractivity contribution in [1.82, 2.24) is 10.3 Å². The minimum atomic E-state index is -0.759. The molecule has 0 radical (unpaired) electrons. The number of hydrogen-bond donors (Lipinski definition) is 1. The number of pyridine rings is 1. The first-order chi connectivity index (χ1) is 11.9. The Morgan fingerprint density at radius 2 is 2.08 bits per heavy atom. The average molecular weight is 366 g/mol. The first-order valence-electron chi connectivity index (χ1n) is 7.32. The van der Waals surface area contributed by atoms with Gasteiger partial charge in [-0.2, -0.15) is 0 Å². The fourth-order valence-electron chi connectivity index (χ4n) is 2.13. The van der Waals surface area contributed by atoms with Gasteiger partial charge in [-0.3, -0.25) is 4.79 Å². The first-order valence-corrected chi connectivity index (χ1v) is 8.55. The van der Waals surface area contributed by atoms with E-state index in [4.69, 9.17) is 4.74 Å². The topological polar surface area (TPSA) is 68.3 Å². The summed E-state index contributed by atoms with van der Waals surface area (Å²) in [6.45, 7) is 1.03. The molecule has 1 amide bonds. The molecule has 5 nitrogen and oxygen atoms in total. The van der Waals surface area contributed by atoms with Gasteiger partial charge in [0.15, 0.2) is 6.61 Å². The molecule has 1 atom stereocenters. The second-order valence-electron chi connectivity index (χ2n) is 5.09. The third-order valence-corrected chi connectivity index (χ3v) is 4.04. The van der Waals surface area contributed by atoms with E-state index in [0.717, 1.165) is 12.1 Å². The number of esters is 1. The van der Waals surface area contributed by atoms with E-state index in [0.29, 0.717) is 5.03 Å². The Hall–Kier alpha value is -2.48. The highest BCUT2D eigenvalue weighted by Gasteiger charge is 2.17. The Morgan fingerprint density at radius 3 is 2.76 bits per heavy atom. The number of nitrogens with one attached hydrogen (secondary N) is 1. The van der Waals surface area contributed by atoms with E-state index < -0.39 is 36.2 Å². The number of halogens is 2. The molecule has 0 fully saturated rings. The number of carbonyl (C=O) groups excluding carboxylic acids is 2. The lowest BCUT2D eigenvalue weighted by molar-refractivity contribution is -0.124. The van der Waals surface area contributed by atoms with Crippen molar-refractivity contribution in [3.05, 3.63) is 59.3 Å². The molecule has 8 heteroatoms. The normalized spacial score (nSPS) is 11.7. The summed E-state index contributed by atoms with van der Waals surface area (Å²) in [7, 11) is 0. The number of rotatable bonds is 6. The molecule has 1 aromatic heterocycles. The zero-order valence-electron chi connectivity index (χ0n) is 13.6. The number of aromatic nitrogens is 1. The lowest BCUT2D eigenvalue weighted by Crippen LogP contribution is -2.31. The SMILES string of the molecule is CSc1ncccc1C(=O)OCC(=O)N[C@@H](C)c1ccc(F)cc1F.